The standard InChI is InChI=1S/C45H27N5O/c1-3-14-28(15-4-1)43-46-44(29-16-5-2-6-17-29)48-45(47-43)50-37-23-11-8-19-31(37)34-27-26-33-30-18-7-10-22-36(30)49(40(33)41(34)50)38-24-13-21-35-32-20-9-12-25-39(32)51-42(35)38/h1-27H. The van der Waals surface area contributed by atoms with Gasteiger partial charge in [0.2, 0.25) is 5.95 Å². The fourth-order valence-corrected chi connectivity index (χ4v) is 7.76. The molecular formula is C45H27N5O. The van der Waals surface area contributed by atoms with Crippen LogP contribution in [0.15, 0.2) is 168 Å². The van der Waals surface area contributed by atoms with Crippen LogP contribution in [0.3, 0.4) is 0 Å². The molecule has 0 N–H and O–H groups in total. The lowest BCUT2D eigenvalue weighted by atomic mass is 10.1. The molecule has 11 rings (SSSR count). The van der Waals surface area contributed by atoms with Gasteiger partial charge in [0.05, 0.1) is 27.8 Å². The molecule has 6 heteroatoms. The van der Waals surface area contributed by atoms with E-state index >= 15 is 0 Å². The number of para-hydroxylation sites is 4. The number of nitrogens with zero attached hydrogens (tertiary/aromatic N) is 5. The molecule has 0 saturated carbocycles. The van der Waals surface area contributed by atoms with E-state index in [0.717, 1.165) is 82.4 Å². The van der Waals surface area contributed by atoms with Gasteiger partial charge in [-0.2, -0.15) is 9.97 Å². The molecule has 0 unspecified atom stereocenters. The summed E-state index contributed by atoms with van der Waals surface area (Å²) in [6, 6.07) is 56.6. The van der Waals surface area contributed by atoms with E-state index in [-0.39, 0.29) is 0 Å². The first kappa shape index (κ1) is 27.9. The van der Waals surface area contributed by atoms with Crippen LogP contribution in [-0.2, 0) is 0 Å². The van der Waals surface area contributed by atoms with Crippen LogP contribution in [0.5, 0.6) is 0 Å². The molecule has 0 aliphatic heterocycles. The molecule has 0 bridgehead atoms. The Hall–Kier alpha value is -7.05. The van der Waals surface area contributed by atoms with E-state index in [9.17, 15) is 0 Å². The molecule has 0 atom stereocenters. The Morgan fingerprint density at radius 1 is 0.373 bits per heavy atom. The summed E-state index contributed by atoms with van der Waals surface area (Å²) < 4.78 is 11.2. The Morgan fingerprint density at radius 2 is 0.882 bits per heavy atom. The Labute approximate surface area is 291 Å². The summed E-state index contributed by atoms with van der Waals surface area (Å²) >= 11 is 0. The minimum Gasteiger partial charge on any atom is -0.454 e. The molecule has 0 aliphatic rings. The predicted octanol–water partition coefficient (Wildman–Crippen LogP) is 11.3. The van der Waals surface area contributed by atoms with Crippen molar-refractivity contribution in [1.82, 2.24) is 24.1 Å². The van der Waals surface area contributed by atoms with Crippen LogP contribution < -0.4 is 0 Å². The van der Waals surface area contributed by atoms with E-state index in [0.29, 0.717) is 17.6 Å². The first-order valence-electron chi connectivity index (χ1n) is 17.0. The van der Waals surface area contributed by atoms with Gasteiger partial charge >= 0.3 is 0 Å². The highest BCUT2D eigenvalue weighted by atomic mass is 16.3. The van der Waals surface area contributed by atoms with Gasteiger partial charge in [0.25, 0.3) is 0 Å². The molecule has 51 heavy (non-hydrogen) atoms. The molecule has 238 valence electrons. The lowest BCUT2D eigenvalue weighted by molar-refractivity contribution is 0.666. The maximum atomic E-state index is 6.66. The molecule has 0 amide bonds. The van der Waals surface area contributed by atoms with Gasteiger partial charge in [0.1, 0.15) is 5.58 Å². The van der Waals surface area contributed by atoms with Gasteiger partial charge in [-0.15, -0.1) is 0 Å². The fraction of sp³-hybridized carbons (Fsp3) is 0. The highest BCUT2D eigenvalue weighted by Crippen LogP contribution is 2.43. The maximum Gasteiger partial charge on any atom is 0.238 e. The second kappa shape index (κ2) is 10.7. The number of rotatable bonds is 4. The first-order valence-corrected chi connectivity index (χ1v) is 17.0. The first-order chi connectivity index (χ1) is 25.3. The zero-order valence-electron chi connectivity index (χ0n) is 27.2. The molecule has 0 fully saturated rings. The summed E-state index contributed by atoms with van der Waals surface area (Å²) in [6.45, 7) is 0. The van der Waals surface area contributed by atoms with Gasteiger partial charge in [-0.1, -0.05) is 140 Å². The Morgan fingerprint density at radius 3 is 1.53 bits per heavy atom. The van der Waals surface area contributed by atoms with Crippen molar-refractivity contribution in [2.45, 2.75) is 0 Å². The van der Waals surface area contributed by atoms with Crippen LogP contribution in [0.2, 0.25) is 0 Å². The van der Waals surface area contributed by atoms with Crippen molar-refractivity contribution in [1.29, 1.82) is 0 Å². The zero-order chi connectivity index (χ0) is 33.5. The van der Waals surface area contributed by atoms with Gasteiger partial charge in [-0.25, -0.2) is 4.98 Å². The van der Waals surface area contributed by atoms with Crippen molar-refractivity contribution in [2.24, 2.45) is 0 Å². The van der Waals surface area contributed by atoms with E-state index in [1.807, 2.05) is 72.8 Å². The third-order valence-corrected chi connectivity index (χ3v) is 9.98. The summed E-state index contributed by atoms with van der Waals surface area (Å²) in [6.07, 6.45) is 0. The quantitative estimate of drug-likeness (QED) is 0.190. The molecule has 0 spiro atoms. The van der Waals surface area contributed by atoms with E-state index in [1.165, 1.54) is 0 Å². The fourth-order valence-electron chi connectivity index (χ4n) is 7.76. The SMILES string of the molecule is c1ccc(-c2nc(-c3ccccc3)nc(-n3c4ccccc4c4ccc5c6ccccc6n(-c6cccc7c6oc6ccccc67)c5c43)n2)cc1. The molecule has 11 aromatic rings. The maximum absolute atomic E-state index is 6.66. The van der Waals surface area contributed by atoms with E-state index < -0.39 is 0 Å². The Balaban J connectivity index is 1.33. The number of aromatic nitrogens is 5. The molecule has 7 aromatic carbocycles. The van der Waals surface area contributed by atoms with Gasteiger partial charge in [0, 0.05) is 43.4 Å². The number of hydrogen-bond acceptors (Lipinski definition) is 4. The van der Waals surface area contributed by atoms with E-state index in [1.54, 1.807) is 0 Å². The lowest BCUT2D eigenvalue weighted by Crippen LogP contribution is -2.07. The largest absolute Gasteiger partial charge is 0.454 e. The Kier molecular flexibility index (Phi) is 5.86. The average molecular weight is 654 g/mol. The smallest absolute Gasteiger partial charge is 0.238 e. The van der Waals surface area contributed by atoms with Crippen molar-refractivity contribution in [2.75, 3.05) is 0 Å². The van der Waals surface area contributed by atoms with Gasteiger partial charge < -0.3 is 8.98 Å². The molecule has 0 radical (unpaired) electrons. The van der Waals surface area contributed by atoms with Crippen LogP contribution in [-0.4, -0.2) is 24.1 Å². The highest BCUT2D eigenvalue weighted by molar-refractivity contribution is 6.24. The molecule has 4 heterocycles. The van der Waals surface area contributed by atoms with Crippen molar-refractivity contribution < 1.29 is 4.42 Å². The second-order valence-corrected chi connectivity index (χ2v) is 12.8. The second-order valence-electron chi connectivity index (χ2n) is 12.8. The molecule has 0 saturated heterocycles. The zero-order valence-corrected chi connectivity index (χ0v) is 27.2. The summed E-state index contributed by atoms with van der Waals surface area (Å²) in [5.74, 6) is 1.79. The number of fused-ring (bicyclic) bond motifs is 10. The summed E-state index contributed by atoms with van der Waals surface area (Å²) in [7, 11) is 0. The molecular weight excluding hydrogens is 627 g/mol. The molecule has 0 aliphatic carbocycles. The number of furan rings is 1. The van der Waals surface area contributed by atoms with Crippen molar-refractivity contribution >= 4 is 65.6 Å². The minimum absolute atomic E-state index is 0.556. The highest BCUT2D eigenvalue weighted by Gasteiger charge is 2.24. The van der Waals surface area contributed by atoms with E-state index in [2.05, 4.69) is 100 Å². The monoisotopic (exact) mass is 653 g/mol. The van der Waals surface area contributed by atoms with Crippen LogP contribution in [0, 0.1) is 0 Å². The summed E-state index contributed by atoms with van der Waals surface area (Å²) in [4.78, 5) is 15.5. The minimum atomic E-state index is 0.556. The molecule has 6 nitrogen and oxygen atoms in total. The number of hydrogen-bond donors (Lipinski definition) is 0. The Bertz CT molecular complexity index is 3080. The molecule has 4 aromatic heterocycles. The van der Waals surface area contributed by atoms with E-state index in [4.69, 9.17) is 19.4 Å². The van der Waals surface area contributed by atoms with Gasteiger partial charge in [0.15, 0.2) is 17.2 Å². The van der Waals surface area contributed by atoms with Crippen molar-refractivity contribution in [3.05, 3.63) is 164 Å². The summed E-state index contributed by atoms with van der Waals surface area (Å²) in [5.41, 5.74) is 8.72. The number of benzene rings is 7. The lowest BCUT2D eigenvalue weighted by Gasteiger charge is -2.13. The predicted molar refractivity (Wildman–Crippen MR) is 207 cm³/mol. The van der Waals surface area contributed by atoms with Crippen LogP contribution in [0.1, 0.15) is 0 Å². The van der Waals surface area contributed by atoms with Crippen LogP contribution in [0.25, 0.3) is 100.0 Å². The normalized spacial score (nSPS) is 11.9. The van der Waals surface area contributed by atoms with Crippen LogP contribution >= 0.6 is 0 Å². The topological polar surface area (TPSA) is 61.7 Å². The average Bonchev–Trinajstić information content (AvgIpc) is 3.86. The van der Waals surface area contributed by atoms with Crippen LogP contribution in [0.4, 0.5) is 0 Å². The third-order valence-electron chi connectivity index (χ3n) is 9.98. The van der Waals surface area contributed by atoms with Gasteiger partial charge in [-0.05, 0) is 24.3 Å². The van der Waals surface area contributed by atoms with Crippen molar-refractivity contribution in [3.8, 4) is 34.4 Å². The van der Waals surface area contributed by atoms with Gasteiger partial charge in [-0.3, -0.25) is 4.57 Å². The summed E-state index contributed by atoms with van der Waals surface area (Å²) in [5, 5.41) is 6.71. The third kappa shape index (κ3) is 4.07. The van der Waals surface area contributed by atoms with Crippen molar-refractivity contribution in [3.63, 3.8) is 0 Å².